The van der Waals surface area contributed by atoms with Gasteiger partial charge < -0.3 is 15.1 Å². The molecule has 0 bridgehead atoms. The molecule has 2 amide bonds. The summed E-state index contributed by atoms with van der Waals surface area (Å²) in [5.74, 6) is 1.69. The molecular formula is C23H30N6O2. The maximum atomic E-state index is 12.9. The van der Waals surface area contributed by atoms with Crippen LogP contribution in [-0.4, -0.2) is 62.7 Å². The molecule has 0 aromatic carbocycles. The quantitative estimate of drug-likeness (QED) is 0.796. The summed E-state index contributed by atoms with van der Waals surface area (Å²) in [4.78, 5) is 42.3. The third kappa shape index (κ3) is 5.37. The van der Waals surface area contributed by atoms with Crippen LogP contribution < -0.4 is 5.32 Å². The van der Waals surface area contributed by atoms with Crippen molar-refractivity contribution in [3.63, 3.8) is 0 Å². The minimum Gasteiger partial charge on any atom is -0.340 e. The number of hydrogen-bond donors (Lipinski definition) is 1. The van der Waals surface area contributed by atoms with E-state index in [1.165, 1.54) is 0 Å². The fraction of sp³-hybridized carbons (Fsp3) is 0.522. The van der Waals surface area contributed by atoms with Crippen LogP contribution >= 0.6 is 0 Å². The predicted molar refractivity (Wildman–Crippen MR) is 118 cm³/mol. The van der Waals surface area contributed by atoms with Gasteiger partial charge in [0.25, 0.3) is 0 Å². The van der Waals surface area contributed by atoms with Crippen LogP contribution in [0.2, 0.25) is 0 Å². The van der Waals surface area contributed by atoms with Gasteiger partial charge in [-0.25, -0.2) is 9.97 Å². The number of carbonyl (C=O) groups is 2. The van der Waals surface area contributed by atoms with E-state index in [1.807, 2.05) is 24.0 Å². The van der Waals surface area contributed by atoms with Crippen molar-refractivity contribution < 1.29 is 9.59 Å². The van der Waals surface area contributed by atoms with E-state index in [1.54, 1.807) is 23.5 Å². The van der Waals surface area contributed by atoms with Crippen molar-refractivity contribution in [1.29, 1.82) is 0 Å². The second-order valence-corrected chi connectivity index (χ2v) is 8.43. The topological polar surface area (TPSA) is 91.3 Å². The van der Waals surface area contributed by atoms with E-state index in [0.29, 0.717) is 25.3 Å². The average molecular weight is 423 g/mol. The predicted octanol–water partition coefficient (Wildman–Crippen LogP) is 3.03. The Balaban J connectivity index is 1.40. The van der Waals surface area contributed by atoms with E-state index in [0.717, 1.165) is 55.7 Å². The Bertz CT molecular complexity index is 934. The fourth-order valence-corrected chi connectivity index (χ4v) is 4.29. The lowest BCUT2D eigenvalue weighted by molar-refractivity contribution is -0.140. The summed E-state index contributed by atoms with van der Waals surface area (Å²) in [6, 6.07) is 3.89. The molecule has 0 aliphatic carbocycles. The fourth-order valence-electron chi connectivity index (χ4n) is 4.29. The van der Waals surface area contributed by atoms with Crippen molar-refractivity contribution in [1.82, 2.24) is 24.8 Å². The van der Waals surface area contributed by atoms with Gasteiger partial charge in [0, 0.05) is 44.4 Å². The van der Waals surface area contributed by atoms with Gasteiger partial charge in [-0.3, -0.25) is 14.6 Å². The Morgan fingerprint density at radius 3 is 2.97 bits per heavy atom. The van der Waals surface area contributed by atoms with Crippen molar-refractivity contribution >= 4 is 23.5 Å². The second kappa shape index (κ2) is 9.85. The molecule has 8 heteroatoms. The summed E-state index contributed by atoms with van der Waals surface area (Å²) in [7, 11) is 0. The first kappa shape index (κ1) is 21.2. The molecule has 0 unspecified atom stereocenters. The maximum absolute atomic E-state index is 12.9. The standard InChI is InChI=1S/C23H30N6O2/c1-17-7-5-10-25-23(17)27-20-14-24-13-19(26-20)18-8-6-12-28(15-18)22(31)16-29-11-4-2-3-9-21(29)30/h5,7,10,13-14,18H,2-4,6,8-9,11-12,15-16H2,1H3,(H,25,26,27)/t18-/m0/s1. The van der Waals surface area contributed by atoms with E-state index in [2.05, 4.69) is 15.3 Å². The van der Waals surface area contributed by atoms with Gasteiger partial charge in [-0.2, -0.15) is 0 Å². The smallest absolute Gasteiger partial charge is 0.242 e. The van der Waals surface area contributed by atoms with Gasteiger partial charge in [-0.1, -0.05) is 12.5 Å². The number of hydrogen-bond acceptors (Lipinski definition) is 6. The van der Waals surface area contributed by atoms with Crippen molar-refractivity contribution in [2.75, 3.05) is 31.5 Å². The molecule has 0 saturated carbocycles. The molecule has 2 aromatic heterocycles. The van der Waals surface area contributed by atoms with Gasteiger partial charge in [0.1, 0.15) is 11.6 Å². The number of rotatable bonds is 5. The molecule has 2 saturated heterocycles. The summed E-state index contributed by atoms with van der Waals surface area (Å²) >= 11 is 0. The number of aromatic nitrogens is 3. The zero-order valence-electron chi connectivity index (χ0n) is 18.1. The van der Waals surface area contributed by atoms with E-state index in [-0.39, 0.29) is 24.3 Å². The van der Waals surface area contributed by atoms with E-state index in [4.69, 9.17) is 4.98 Å². The lowest BCUT2D eigenvalue weighted by Gasteiger charge is -2.34. The third-order valence-corrected chi connectivity index (χ3v) is 6.10. The lowest BCUT2D eigenvalue weighted by atomic mass is 9.95. The zero-order chi connectivity index (χ0) is 21.6. The number of aryl methyl sites for hydroxylation is 1. The average Bonchev–Trinajstić information content (AvgIpc) is 3.00. The molecule has 2 aliphatic rings. The van der Waals surface area contributed by atoms with Gasteiger partial charge >= 0.3 is 0 Å². The molecule has 164 valence electrons. The molecule has 4 heterocycles. The Morgan fingerprint density at radius 2 is 2.10 bits per heavy atom. The summed E-state index contributed by atoms with van der Waals surface area (Å²) in [5, 5.41) is 3.24. The summed E-state index contributed by atoms with van der Waals surface area (Å²) in [5.41, 5.74) is 1.91. The summed E-state index contributed by atoms with van der Waals surface area (Å²) < 4.78 is 0. The van der Waals surface area contributed by atoms with Crippen LogP contribution in [0.25, 0.3) is 0 Å². The van der Waals surface area contributed by atoms with Crippen LogP contribution in [0.3, 0.4) is 0 Å². The molecule has 31 heavy (non-hydrogen) atoms. The summed E-state index contributed by atoms with van der Waals surface area (Å²) in [6.07, 6.45) is 10.6. The molecule has 2 fully saturated rings. The second-order valence-electron chi connectivity index (χ2n) is 8.43. The minimum atomic E-state index is 0.0336. The number of carbonyl (C=O) groups excluding carboxylic acids is 2. The molecule has 1 atom stereocenters. The minimum absolute atomic E-state index is 0.0336. The first-order valence-corrected chi connectivity index (χ1v) is 11.2. The van der Waals surface area contributed by atoms with Gasteiger partial charge in [0.2, 0.25) is 11.8 Å². The van der Waals surface area contributed by atoms with Crippen LogP contribution in [0.15, 0.2) is 30.7 Å². The van der Waals surface area contributed by atoms with E-state index >= 15 is 0 Å². The highest BCUT2D eigenvalue weighted by molar-refractivity contribution is 5.85. The number of nitrogens with one attached hydrogen (secondary N) is 1. The van der Waals surface area contributed by atoms with Crippen LogP contribution in [0.1, 0.15) is 55.7 Å². The first-order valence-electron chi connectivity index (χ1n) is 11.2. The van der Waals surface area contributed by atoms with Gasteiger partial charge in [0.05, 0.1) is 18.4 Å². The molecule has 1 N–H and O–H groups in total. The number of piperidine rings is 1. The Kier molecular flexibility index (Phi) is 6.74. The number of nitrogens with zero attached hydrogens (tertiary/aromatic N) is 5. The van der Waals surface area contributed by atoms with Crippen LogP contribution in [0.4, 0.5) is 11.6 Å². The Labute approximate surface area is 183 Å². The highest BCUT2D eigenvalue weighted by atomic mass is 16.2. The normalized spacial score (nSPS) is 19.8. The Hall–Kier alpha value is -3.03. The summed E-state index contributed by atoms with van der Waals surface area (Å²) in [6.45, 7) is 4.22. The van der Waals surface area contributed by atoms with Crippen molar-refractivity contribution in [2.45, 2.75) is 51.4 Å². The Morgan fingerprint density at radius 1 is 1.19 bits per heavy atom. The van der Waals surface area contributed by atoms with Gasteiger partial charge in [-0.15, -0.1) is 0 Å². The third-order valence-electron chi connectivity index (χ3n) is 6.10. The highest BCUT2D eigenvalue weighted by Gasteiger charge is 2.28. The first-order chi connectivity index (χ1) is 15.1. The van der Waals surface area contributed by atoms with Crippen LogP contribution in [-0.2, 0) is 9.59 Å². The molecule has 8 nitrogen and oxygen atoms in total. The van der Waals surface area contributed by atoms with Crippen molar-refractivity contribution in [3.05, 3.63) is 42.0 Å². The molecule has 4 rings (SSSR count). The van der Waals surface area contributed by atoms with Crippen molar-refractivity contribution in [2.24, 2.45) is 0 Å². The number of pyridine rings is 1. The highest BCUT2D eigenvalue weighted by Crippen LogP contribution is 2.27. The van der Waals surface area contributed by atoms with Gasteiger partial charge in [-0.05, 0) is 44.2 Å². The zero-order valence-corrected chi connectivity index (χ0v) is 18.1. The molecule has 2 aliphatic heterocycles. The molecule has 0 radical (unpaired) electrons. The number of likely N-dealkylation sites (tertiary alicyclic amines) is 2. The molecular weight excluding hydrogens is 392 g/mol. The van der Waals surface area contributed by atoms with Crippen LogP contribution in [0.5, 0.6) is 0 Å². The lowest BCUT2D eigenvalue weighted by Crippen LogP contribution is -2.46. The SMILES string of the molecule is Cc1cccnc1Nc1cncc([C@H]2CCCN(C(=O)CN3CCCCCC3=O)C2)n1. The van der Waals surface area contributed by atoms with Gasteiger partial charge in [0.15, 0.2) is 0 Å². The molecule has 2 aromatic rings. The monoisotopic (exact) mass is 422 g/mol. The molecule has 0 spiro atoms. The van der Waals surface area contributed by atoms with E-state index < -0.39 is 0 Å². The van der Waals surface area contributed by atoms with Crippen LogP contribution in [0, 0.1) is 6.92 Å². The maximum Gasteiger partial charge on any atom is 0.242 e. The number of amides is 2. The number of anilines is 2. The van der Waals surface area contributed by atoms with Crippen molar-refractivity contribution in [3.8, 4) is 0 Å². The largest absolute Gasteiger partial charge is 0.340 e. The van der Waals surface area contributed by atoms with E-state index in [9.17, 15) is 9.59 Å².